The molecule has 2 N–H and O–H groups in total. The van der Waals surface area contributed by atoms with Crippen LogP contribution in [-0.2, 0) is 22.6 Å². The minimum absolute atomic E-state index is 0.0112. The second-order valence-electron chi connectivity index (χ2n) is 7.21. The number of carbonyl (C=O) groups is 2. The summed E-state index contributed by atoms with van der Waals surface area (Å²) >= 11 is 0. The lowest BCUT2D eigenvalue weighted by Gasteiger charge is -2.11. The van der Waals surface area contributed by atoms with Gasteiger partial charge < -0.3 is 15.2 Å². The van der Waals surface area contributed by atoms with E-state index >= 15 is 0 Å². The first kappa shape index (κ1) is 20.4. The lowest BCUT2D eigenvalue weighted by atomic mass is 10.1. The molecule has 150 valence electrons. The molecule has 3 rings (SSSR count). The Morgan fingerprint density at radius 1 is 0.966 bits per heavy atom. The van der Waals surface area contributed by atoms with Gasteiger partial charge in [-0.2, -0.15) is 0 Å². The Kier molecular flexibility index (Phi) is 6.85. The first-order valence-electron chi connectivity index (χ1n) is 9.94. The van der Waals surface area contributed by atoms with Crippen molar-refractivity contribution in [2.24, 2.45) is 5.92 Å². The monoisotopic (exact) mass is 389 g/mol. The number of rotatable bonds is 8. The predicted octanol–water partition coefficient (Wildman–Crippen LogP) is 4.32. The molecule has 3 aromatic rings. The summed E-state index contributed by atoms with van der Waals surface area (Å²) in [5.74, 6) is -0.0490. The van der Waals surface area contributed by atoms with E-state index in [1.807, 2.05) is 91.5 Å². The third kappa shape index (κ3) is 5.82. The summed E-state index contributed by atoms with van der Waals surface area (Å²) in [5, 5.41) is 5.87. The van der Waals surface area contributed by atoms with Crippen LogP contribution in [0, 0.1) is 5.92 Å². The molecule has 0 aliphatic carbocycles. The highest BCUT2D eigenvalue weighted by Gasteiger charge is 2.11. The third-order valence-electron chi connectivity index (χ3n) is 4.95. The fourth-order valence-electron chi connectivity index (χ4n) is 2.95. The largest absolute Gasteiger partial charge is 0.352 e. The summed E-state index contributed by atoms with van der Waals surface area (Å²) < 4.78 is 2.02. The maximum atomic E-state index is 12.3. The molecule has 2 amide bonds. The number of nitrogens with zero attached hydrogens (tertiary/aromatic N) is 1. The van der Waals surface area contributed by atoms with Crippen LogP contribution in [0.3, 0.4) is 0 Å². The summed E-state index contributed by atoms with van der Waals surface area (Å²) in [5.41, 5.74) is 3.73. The average Bonchev–Trinajstić information content (AvgIpc) is 3.27. The number of hydrogen-bond acceptors (Lipinski definition) is 2. The number of carbonyl (C=O) groups excluding carboxylic acids is 2. The van der Waals surface area contributed by atoms with Crippen molar-refractivity contribution in [2.75, 3.05) is 5.32 Å². The standard InChI is InChI=1S/C24H27N3O2/c1-3-18(2)24(29)26-21-8-6-7-20(15-21)17-25-23(28)16-19-9-11-22(12-10-19)27-13-4-5-14-27/h4-15,18H,3,16-17H2,1-2H3,(H,25,28)(H,26,29). The van der Waals surface area contributed by atoms with Gasteiger partial charge in [0, 0.05) is 36.2 Å². The lowest BCUT2D eigenvalue weighted by molar-refractivity contribution is -0.121. The van der Waals surface area contributed by atoms with Gasteiger partial charge in [0.2, 0.25) is 11.8 Å². The van der Waals surface area contributed by atoms with Crippen LogP contribution in [0.1, 0.15) is 31.4 Å². The van der Waals surface area contributed by atoms with Gasteiger partial charge in [0.25, 0.3) is 0 Å². The molecular formula is C24H27N3O2. The smallest absolute Gasteiger partial charge is 0.227 e. The highest BCUT2D eigenvalue weighted by atomic mass is 16.2. The Bertz CT molecular complexity index is 947. The van der Waals surface area contributed by atoms with E-state index in [0.29, 0.717) is 13.0 Å². The molecule has 2 aromatic carbocycles. The molecule has 0 aliphatic heterocycles. The number of aromatic nitrogens is 1. The van der Waals surface area contributed by atoms with E-state index in [9.17, 15) is 9.59 Å². The quantitative estimate of drug-likeness (QED) is 0.603. The minimum Gasteiger partial charge on any atom is -0.352 e. The topological polar surface area (TPSA) is 63.1 Å². The molecule has 0 bridgehead atoms. The maximum absolute atomic E-state index is 12.3. The maximum Gasteiger partial charge on any atom is 0.227 e. The molecule has 1 heterocycles. The van der Waals surface area contributed by atoms with E-state index in [0.717, 1.165) is 28.9 Å². The molecule has 0 fully saturated rings. The van der Waals surface area contributed by atoms with Crippen molar-refractivity contribution in [1.82, 2.24) is 9.88 Å². The molecular weight excluding hydrogens is 362 g/mol. The Morgan fingerprint density at radius 3 is 2.38 bits per heavy atom. The van der Waals surface area contributed by atoms with Gasteiger partial charge in [0.15, 0.2) is 0 Å². The van der Waals surface area contributed by atoms with E-state index in [4.69, 9.17) is 0 Å². The predicted molar refractivity (Wildman–Crippen MR) is 116 cm³/mol. The van der Waals surface area contributed by atoms with Gasteiger partial charge in [0.05, 0.1) is 6.42 Å². The van der Waals surface area contributed by atoms with Gasteiger partial charge in [-0.3, -0.25) is 9.59 Å². The third-order valence-corrected chi connectivity index (χ3v) is 4.95. The molecule has 0 saturated carbocycles. The number of anilines is 1. The van der Waals surface area contributed by atoms with Crippen LogP contribution in [-0.4, -0.2) is 16.4 Å². The van der Waals surface area contributed by atoms with Gasteiger partial charge >= 0.3 is 0 Å². The summed E-state index contributed by atoms with van der Waals surface area (Å²) in [6, 6.07) is 19.5. The highest BCUT2D eigenvalue weighted by molar-refractivity contribution is 5.92. The lowest BCUT2D eigenvalue weighted by Crippen LogP contribution is -2.24. The second kappa shape index (κ2) is 9.73. The molecule has 0 saturated heterocycles. The number of amides is 2. The summed E-state index contributed by atoms with van der Waals surface area (Å²) in [6.07, 6.45) is 5.10. The number of benzene rings is 2. The molecule has 1 aromatic heterocycles. The Balaban J connectivity index is 1.51. The zero-order chi connectivity index (χ0) is 20.6. The van der Waals surface area contributed by atoms with E-state index in [1.54, 1.807) is 0 Å². The van der Waals surface area contributed by atoms with E-state index < -0.39 is 0 Å². The molecule has 5 heteroatoms. The van der Waals surface area contributed by atoms with Crippen molar-refractivity contribution < 1.29 is 9.59 Å². The molecule has 1 atom stereocenters. The highest BCUT2D eigenvalue weighted by Crippen LogP contribution is 2.14. The first-order chi connectivity index (χ1) is 14.0. The van der Waals surface area contributed by atoms with Crippen molar-refractivity contribution in [3.63, 3.8) is 0 Å². The number of hydrogen-bond donors (Lipinski definition) is 2. The van der Waals surface area contributed by atoms with Crippen LogP contribution in [0.5, 0.6) is 0 Å². The Hall–Kier alpha value is -3.34. The normalized spacial score (nSPS) is 11.7. The van der Waals surface area contributed by atoms with Crippen LogP contribution in [0.4, 0.5) is 5.69 Å². The Morgan fingerprint density at radius 2 is 1.69 bits per heavy atom. The molecule has 1 unspecified atom stereocenters. The molecule has 0 spiro atoms. The van der Waals surface area contributed by atoms with E-state index in [-0.39, 0.29) is 17.7 Å². The second-order valence-corrected chi connectivity index (χ2v) is 7.21. The van der Waals surface area contributed by atoms with E-state index in [1.165, 1.54) is 0 Å². The van der Waals surface area contributed by atoms with Crippen LogP contribution in [0.2, 0.25) is 0 Å². The summed E-state index contributed by atoms with van der Waals surface area (Å²) in [6.45, 7) is 4.32. The fraction of sp³-hybridized carbons (Fsp3) is 0.250. The summed E-state index contributed by atoms with van der Waals surface area (Å²) in [7, 11) is 0. The minimum atomic E-state index is -0.0345. The molecule has 5 nitrogen and oxygen atoms in total. The van der Waals surface area contributed by atoms with Crippen molar-refractivity contribution >= 4 is 17.5 Å². The zero-order valence-corrected chi connectivity index (χ0v) is 16.9. The van der Waals surface area contributed by atoms with Crippen molar-refractivity contribution in [3.05, 3.63) is 84.2 Å². The van der Waals surface area contributed by atoms with Gasteiger partial charge in [-0.25, -0.2) is 0 Å². The van der Waals surface area contributed by atoms with Crippen LogP contribution in [0.15, 0.2) is 73.1 Å². The van der Waals surface area contributed by atoms with Crippen molar-refractivity contribution in [2.45, 2.75) is 33.2 Å². The van der Waals surface area contributed by atoms with E-state index in [2.05, 4.69) is 10.6 Å². The molecule has 0 aliphatic rings. The van der Waals surface area contributed by atoms with Crippen LogP contribution < -0.4 is 10.6 Å². The van der Waals surface area contributed by atoms with Crippen LogP contribution >= 0.6 is 0 Å². The first-order valence-corrected chi connectivity index (χ1v) is 9.94. The Labute approximate surface area is 171 Å². The average molecular weight is 389 g/mol. The van der Waals surface area contributed by atoms with Gasteiger partial charge in [0.1, 0.15) is 0 Å². The fourth-order valence-corrected chi connectivity index (χ4v) is 2.95. The van der Waals surface area contributed by atoms with Gasteiger partial charge in [-0.05, 0) is 53.9 Å². The van der Waals surface area contributed by atoms with Crippen molar-refractivity contribution in [1.29, 1.82) is 0 Å². The zero-order valence-electron chi connectivity index (χ0n) is 16.9. The SMILES string of the molecule is CCC(C)C(=O)Nc1cccc(CNC(=O)Cc2ccc(-n3cccc3)cc2)c1. The molecule has 0 radical (unpaired) electrons. The summed E-state index contributed by atoms with van der Waals surface area (Å²) in [4.78, 5) is 24.3. The van der Waals surface area contributed by atoms with Crippen LogP contribution in [0.25, 0.3) is 5.69 Å². The van der Waals surface area contributed by atoms with Crippen molar-refractivity contribution in [3.8, 4) is 5.69 Å². The number of nitrogens with one attached hydrogen (secondary N) is 2. The molecule has 29 heavy (non-hydrogen) atoms. The van der Waals surface area contributed by atoms with Gasteiger partial charge in [-0.15, -0.1) is 0 Å². The van der Waals surface area contributed by atoms with Gasteiger partial charge in [-0.1, -0.05) is 38.1 Å².